The highest BCUT2D eigenvalue weighted by atomic mass is 19.3. The molecule has 1 aromatic carbocycles. The summed E-state index contributed by atoms with van der Waals surface area (Å²) in [4.78, 5) is 51.6. The normalized spacial score (nSPS) is 31.9. The average molecular weight is 671 g/mol. The summed E-state index contributed by atoms with van der Waals surface area (Å²) in [6, 6.07) is 3.09. The fourth-order valence-electron chi connectivity index (χ4n) is 8.58. The fourth-order valence-corrected chi connectivity index (χ4v) is 8.58. The molecule has 6 atom stereocenters. The number of alkyl halides is 2. The maximum Gasteiger partial charge on any atom is 0.408 e. The van der Waals surface area contributed by atoms with Crippen molar-refractivity contribution in [3.8, 4) is 11.6 Å². The van der Waals surface area contributed by atoms with Gasteiger partial charge in [0.2, 0.25) is 11.8 Å². The number of ether oxygens (including phenoxy) is 3. The number of nitrogens with zero attached hydrogens (tertiary/aromatic N) is 3. The van der Waals surface area contributed by atoms with Crippen molar-refractivity contribution in [3.63, 3.8) is 0 Å². The summed E-state index contributed by atoms with van der Waals surface area (Å²) in [6.07, 6.45) is 6.25. The number of benzene rings is 1. The number of fused-ring (bicyclic) bond motifs is 5. The number of hydrogen-bond acceptors (Lipinski definition) is 8. The smallest absolute Gasteiger partial charge is 0.408 e. The van der Waals surface area contributed by atoms with E-state index < -0.39 is 53.8 Å². The molecule has 3 fully saturated rings. The summed E-state index contributed by atoms with van der Waals surface area (Å²) in [5.41, 5.74) is -0.714. The second-order valence-corrected chi connectivity index (χ2v) is 14.6. The SMILES string of the molecule is COc1ccc2nc3c(nc2c1)O[C@H]1CN(C(=O)[C@H](C2CCCCC2)NC(=O)O[C@]2(C)CCCC2CCCCC3(F)F)[C@H](C(C)=O)[C@@H]1C. The van der Waals surface area contributed by atoms with E-state index in [0.717, 1.165) is 44.9 Å². The number of amides is 2. The van der Waals surface area contributed by atoms with Crippen molar-refractivity contribution in [3.05, 3.63) is 23.9 Å². The third kappa shape index (κ3) is 6.81. The summed E-state index contributed by atoms with van der Waals surface area (Å²) in [7, 11) is 1.50. The minimum absolute atomic E-state index is 0.0104. The van der Waals surface area contributed by atoms with Crippen molar-refractivity contribution < 1.29 is 37.4 Å². The van der Waals surface area contributed by atoms with Crippen molar-refractivity contribution >= 4 is 28.8 Å². The average Bonchev–Trinajstić information content (AvgIpc) is 3.59. The van der Waals surface area contributed by atoms with Crippen molar-refractivity contribution in [2.45, 2.75) is 128 Å². The lowest BCUT2D eigenvalue weighted by Crippen LogP contribution is -2.56. The van der Waals surface area contributed by atoms with Crippen LogP contribution in [0.15, 0.2) is 18.2 Å². The molecular weight excluding hydrogens is 622 g/mol. The molecule has 1 N–H and O–H groups in total. The lowest BCUT2D eigenvalue weighted by Gasteiger charge is -2.36. The lowest BCUT2D eigenvalue weighted by molar-refractivity contribution is -0.140. The third-order valence-electron chi connectivity index (χ3n) is 11.3. The molecule has 2 aliphatic heterocycles. The van der Waals surface area contributed by atoms with E-state index in [9.17, 15) is 14.4 Å². The van der Waals surface area contributed by atoms with Crippen molar-refractivity contribution in [1.82, 2.24) is 20.2 Å². The minimum Gasteiger partial charge on any atom is -0.497 e. The molecule has 12 heteroatoms. The Balaban J connectivity index is 1.42. The summed E-state index contributed by atoms with van der Waals surface area (Å²) in [5, 5.41) is 2.96. The number of hydrogen-bond donors (Lipinski definition) is 1. The Morgan fingerprint density at radius 1 is 1.00 bits per heavy atom. The highest BCUT2D eigenvalue weighted by molar-refractivity contribution is 5.92. The largest absolute Gasteiger partial charge is 0.497 e. The molecule has 48 heavy (non-hydrogen) atoms. The first-order valence-corrected chi connectivity index (χ1v) is 17.6. The Morgan fingerprint density at radius 2 is 1.73 bits per heavy atom. The molecule has 0 radical (unpaired) electrons. The van der Waals surface area contributed by atoms with Crippen LogP contribution in [-0.2, 0) is 20.2 Å². The number of methoxy groups -OCH3 is 1. The summed E-state index contributed by atoms with van der Waals surface area (Å²) >= 11 is 0. The minimum atomic E-state index is -3.36. The summed E-state index contributed by atoms with van der Waals surface area (Å²) in [5.74, 6) is -4.47. The second kappa shape index (κ2) is 13.7. The fraction of sp³-hybridized carbons (Fsp3) is 0.694. The summed E-state index contributed by atoms with van der Waals surface area (Å²) in [6.45, 7) is 5.07. The van der Waals surface area contributed by atoms with Crippen LogP contribution in [0.4, 0.5) is 13.6 Å². The molecule has 2 saturated carbocycles. The van der Waals surface area contributed by atoms with E-state index in [0.29, 0.717) is 30.5 Å². The van der Waals surface area contributed by atoms with E-state index in [1.54, 1.807) is 25.1 Å². The maximum absolute atomic E-state index is 16.2. The number of ketones is 1. The molecule has 6 rings (SSSR count). The van der Waals surface area contributed by atoms with Gasteiger partial charge in [0.1, 0.15) is 23.5 Å². The predicted molar refractivity (Wildman–Crippen MR) is 174 cm³/mol. The lowest BCUT2D eigenvalue weighted by atomic mass is 9.83. The van der Waals surface area contributed by atoms with Crippen LogP contribution in [0.25, 0.3) is 11.0 Å². The number of alkyl carbamates (subject to hydrolysis) is 1. The zero-order chi connectivity index (χ0) is 34.2. The highest BCUT2D eigenvalue weighted by Gasteiger charge is 2.50. The van der Waals surface area contributed by atoms with E-state index in [4.69, 9.17) is 14.2 Å². The van der Waals surface area contributed by atoms with Gasteiger partial charge in [0.15, 0.2) is 11.5 Å². The van der Waals surface area contributed by atoms with E-state index in [1.807, 2.05) is 6.92 Å². The van der Waals surface area contributed by atoms with Gasteiger partial charge < -0.3 is 24.4 Å². The number of Topliss-reactive ketones (excluding diaryl/α,β-unsaturated/α-hetero) is 1. The van der Waals surface area contributed by atoms with Crippen molar-refractivity contribution in [2.24, 2.45) is 17.8 Å². The summed E-state index contributed by atoms with van der Waals surface area (Å²) < 4.78 is 50.1. The van der Waals surface area contributed by atoms with Crippen LogP contribution in [0.3, 0.4) is 0 Å². The van der Waals surface area contributed by atoms with Gasteiger partial charge in [-0.3, -0.25) is 9.59 Å². The molecule has 4 aliphatic rings. The number of carbonyl (C=O) groups is 3. The Morgan fingerprint density at radius 3 is 2.46 bits per heavy atom. The molecule has 262 valence electrons. The van der Waals surface area contributed by atoms with Gasteiger partial charge in [0.05, 0.1) is 30.7 Å². The van der Waals surface area contributed by atoms with Gasteiger partial charge in [0.25, 0.3) is 5.92 Å². The predicted octanol–water partition coefficient (Wildman–Crippen LogP) is 6.72. The van der Waals surface area contributed by atoms with Crippen LogP contribution >= 0.6 is 0 Å². The van der Waals surface area contributed by atoms with Gasteiger partial charge >= 0.3 is 6.09 Å². The van der Waals surface area contributed by atoms with E-state index in [-0.39, 0.29) is 47.9 Å². The Hall–Kier alpha value is -3.57. The molecule has 10 nitrogen and oxygen atoms in total. The Labute approximate surface area is 280 Å². The molecule has 2 bridgehead atoms. The standard InChI is InChI=1S/C36H48F2N4O6/c1-21-28-20-42(30(21)22(2)43)33(44)29(23-11-6-5-7-12-23)41-34(45)48-35(3)17-10-14-24(35)13-8-9-18-36(37,38)31-32(47-28)40-27-19-25(46-4)15-16-26(27)39-31/h15-16,19,21,23-24,28-30H,5-14,17-18,20H2,1-4H3,(H,41,45)/t21-,24?,28+,29+,30+,35-/m1/s1. The number of aromatic nitrogens is 2. The quantitative estimate of drug-likeness (QED) is 0.382. The first kappa shape index (κ1) is 34.3. The van der Waals surface area contributed by atoms with Gasteiger partial charge in [-0.1, -0.05) is 32.6 Å². The molecule has 1 unspecified atom stereocenters. The Kier molecular flexibility index (Phi) is 9.82. The van der Waals surface area contributed by atoms with Crippen LogP contribution in [0, 0.1) is 17.8 Å². The van der Waals surface area contributed by atoms with Crippen molar-refractivity contribution in [1.29, 1.82) is 0 Å². The van der Waals surface area contributed by atoms with Gasteiger partial charge in [-0.2, -0.15) is 8.78 Å². The van der Waals surface area contributed by atoms with E-state index in [2.05, 4.69) is 15.3 Å². The first-order chi connectivity index (χ1) is 22.9. The highest BCUT2D eigenvalue weighted by Crippen LogP contribution is 2.44. The number of carbonyl (C=O) groups excluding carboxylic acids is 3. The number of nitrogens with one attached hydrogen (secondary N) is 1. The zero-order valence-corrected chi connectivity index (χ0v) is 28.4. The molecule has 2 aliphatic carbocycles. The topological polar surface area (TPSA) is 120 Å². The molecule has 2 aromatic rings. The first-order valence-electron chi connectivity index (χ1n) is 17.6. The maximum atomic E-state index is 16.2. The molecule has 1 aromatic heterocycles. The van der Waals surface area contributed by atoms with Crippen LogP contribution in [-0.4, -0.2) is 70.1 Å². The van der Waals surface area contributed by atoms with Crippen LogP contribution in [0.5, 0.6) is 11.6 Å². The third-order valence-corrected chi connectivity index (χ3v) is 11.3. The molecule has 2 amide bonds. The van der Waals surface area contributed by atoms with Crippen LogP contribution in [0.2, 0.25) is 0 Å². The molecule has 3 heterocycles. The van der Waals surface area contributed by atoms with Gasteiger partial charge in [0, 0.05) is 18.4 Å². The van der Waals surface area contributed by atoms with Crippen LogP contribution < -0.4 is 14.8 Å². The monoisotopic (exact) mass is 670 g/mol. The molecular formula is C36H48F2N4O6. The second-order valence-electron chi connectivity index (χ2n) is 14.6. The number of rotatable bonds is 3. The van der Waals surface area contributed by atoms with E-state index in [1.165, 1.54) is 18.9 Å². The van der Waals surface area contributed by atoms with Gasteiger partial charge in [-0.15, -0.1) is 0 Å². The number of halogens is 2. The molecule has 1 saturated heterocycles. The van der Waals surface area contributed by atoms with E-state index >= 15 is 8.78 Å². The van der Waals surface area contributed by atoms with Crippen LogP contribution in [0.1, 0.15) is 104 Å². The van der Waals surface area contributed by atoms with Gasteiger partial charge in [-0.05, 0) is 82.8 Å². The Bertz CT molecular complexity index is 1530. The van der Waals surface area contributed by atoms with Crippen molar-refractivity contribution in [2.75, 3.05) is 13.7 Å². The zero-order valence-electron chi connectivity index (χ0n) is 28.4. The molecule has 0 spiro atoms. The van der Waals surface area contributed by atoms with Gasteiger partial charge in [-0.25, -0.2) is 14.8 Å².